The molecule has 1 N–H and O–H groups in total. The third kappa shape index (κ3) is 4.23. The van der Waals surface area contributed by atoms with E-state index >= 15 is 0 Å². The number of aromatic nitrogens is 2. The van der Waals surface area contributed by atoms with Crippen LogP contribution in [0.5, 0.6) is 5.75 Å². The number of rotatable bonds is 6. The molecule has 1 aromatic heterocycles. The van der Waals surface area contributed by atoms with Gasteiger partial charge in [-0.3, -0.25) is 4.79 Å². The fourth-order valence-electron chi connectivity index (χ4n) is 2.68. The molecule has 0 amide bonds. The average molecular weight is 364 g/mol. The van der Waals surface area contributed by atoms with Gasteiger partial charge in [0.1, 0.15) is 23.7 Å². The monoisotopic (exact) mass is 364 g/mol. The lowest BCUT2D eigenvalue weighted by molar-refractivity contribution is 0.0523. The number of aromatic amines is 1. The number of esters is 1. The van der Waals surface area contributed by atoms with Gasteiger partial charge in [0.05, 0.1) is 17.9 Å². The Balaban J connectivity index is 1.93. The molecule has 6 heteroatoms. The Bertz CT molecular complexity index is 997. The fraction of sp³-hybridized carbons (Fsp3) is 0.190. The molecule has 0 bridgehead atoms. The Morgan fingerprint density at radius 1 is 1.07 bits per heavy atom. The van der Waals surface area contributed by atoms with Crippen LogP contribution in [0.3, 0.4) is 0 Å². The molecule has 0 saturated carbocycles. The summed E-state index contributed by atoms with van der Waals surface area (Å²) < 4.78 is 10.8. The van der Waals surface area contributed by atoms with Crippen molar-refractivity contribution in [1.82, 2.24) is 9.97 Å². The number of nitrogens with one attached hydrogen (secondary N) is 1. The lowest BCUT2D eigenvalue weighted by Crippen LogP contribution is -2.23. The van der Waals surface area contributed by atoms with Gasteiger partial charge in [-0.1, -0.05) is 42.5 Å². The summed E-state index contributed by atoms with van der Waals surface area (Å²) in [6.07, 6.45) is 0. The maximum Gasteiger partial charge on any atom is 0.345 e. The Hall–Kier alpha value is -3.41. The molecule has 2 aromatic carbocycles. The molecule has 3 rings (SSSR count). The summed E-state index contributed by atoms with van der Waals surface area (Å²) >= 11 is 0. The molecule has 27 heavy (non-hydrogen) atoms. The van der Waals surface area contributed by atoms with Crippen molar-refractivity contribution in [2.75, 3.05) is 6.61 Å². The van der Waals surface area contributed by atoms with Crippen molar-refractivity contribution in [3.8, 4) is 17.1 Å². The highest BCUT2D eigenvalue weighted by Crippen LogP contribution is 2.27. The second-order valence-electron chi connectivity index (χ2n) is 5.87. The predicted octanol–water partition coefficient (Wildman–Crippen LogP) is 3.50. The molecule has 3 aromatic rings. The topological polar surface area (TPSA) is 81.3 Å². The molecule has 0 aliphatic heterocycles. The maximum atomic E-state index is 12.4. The third-order valence-corrected chi connectivity index (χ3v) is 3.96. The summed E-state index contributed by atoms with van der Waals surface area (Å²) in [7, 11) is 0. The van der Waals surface area contributed by atoms with Crippen molar-refractivity contribution in [3.63, 3.8) is 0 Å². The van der Waals surface area contributed by atoms with Crippen molar-refractivity contribution in [1.29, 1.82) is 0 Å². The van der Waals surface area contributed by atoms with Gasteiger partial charge in [0.25, 0.3) is 5.56 Å². The molecule has 0 saturated heterocycles. The Morgan fingerprint density at radius 2 is 1.78 bits per heavy atom. The van der Waals surface area contributed by atoms with E-state index in [2.05, 4.69) is 9.97 Å². The van der Waals surface area contributed by atoms with Gasteiger partial charge in [0.15, 0.2) is 0 Å². The third-order valence-electron chi connectivity index (χ3n) is 3.96. The van der Waals surface area contributed by atoms with Gasteiger partial charge in [-0.25, -0.2) is 9.78 Å². The molecule has 0 aliphatic rings. The molecule has 6 nitrogen and oxygen atoms in total. The molecule has 0 radical (unpaired) electrons. The number of carbonyl (C=O) groups excluding carboxylic acids is 1. The zero-order valence-corrected chi connectivity index (χ0v) is 15.2. The Morgan fingerprint density at radius 3 is 2.48 bits per heavy atom. The van der Waals surface area contributed by atoms with Crippen LogP contribution < -0.4 is 10.3 Å². The second-order valence-corrected chi connectivity index (χ2v) is 5.87. The van der Waals surface area contributed by atoms with E-state index in [0.717, 1.165) is 5.56 Å². The van der Waals surface area contributed by atoms with E-state index in [1.54, 1.807) is 13.8 Å². The SMILES string of the molecule is CCOC(=O)c1c(C)nc(-c2ccccc2OCc2ccccc2)[nH]c1=O. The minimum atomic E-state index is -0.677. The molecular weight excluding hydrogens is 344 g/mol. The average Bonchev–Trinajstić information content (AvgIpc) is 2.67. The van der Waals surface area contributed by atoms with Crippen LogP contribution in [-0.2, 0) is 11.3 Å². The first-order chi connectivity index (χ1) is 13.1. The van der Waals surface area contributed by atoms with Crippen LogP contribution in [0.25, 0.3) is 11.4 Å². The quantitative estimate of drug-likeness (QED) is 0.677. The van der Waals surface area contributed by atoms with Crippen LogP contribution in [0.1, 0.15) is 28.5 Å². The lowest BCUT2D eigenvalue weighted by atomic mass is 10.1. The molecular formula is C21H20N2O4. The van der Waals surface area contributed by atoms with Gasteiger partial charge in [0, 0.05) is 0 Å². The van der Waals surface area contributed by atoms with Crippen LogP contribution in [0.15, 0.2) is 59.4 Å². The summed E-state index contributed by atoms with van der Waals surface area (Å²) in [5, 5.41) is 0. The van der Waals surface area contributed by atoms with E-state index in [9.17, 15) is 9.59 Å². The minimum Gasteiger partial charge on any atom is -0.488 e. The van der Waals surface area contributed by atoms with Crippen molar-refractivity contribution >= 4 is 5.97 Å². The molecule has 0 fully saturated rings. The number of H-pyrrole nitrogens is 1. The number of carbonyl (C=O) groups is 1. The lowest BCUT2D eigenvalue weighted by Gasteiger charge is -2.12. The Kier molecular flexibility index (Phi) is 5.66. The zero-order chi connectivity index (χ0) is 19.2. The van der Waals surface area contributed by atoms with Gasteiger partial charge < -0.3 is 14.5 Å². The predicted molar refractivity (Wildman–Crippen MR) is 102 cm³/mol. The number of benzene rings is 2. The van der Waals surface area contributed by atoms with Gasteiger partial charge in [0.2, 0.25) is 0 Å². The smallest absolute Gasteiger partial charge is 0.345 e. The highest BCUT2D eigenvalue weighted by Gasteiger charge is 2.19. The number of hydrogen-bond donors (Lipinski definition) is 1. The van der Waals surface area contributed by atoms with E-state index in [1.807, 2.05) is 54.6 Å². The number of aryl methyl sites for hydroxylation is 1. The van der Waals surface area contributed by atoms with E-state index in [4.69, 9.17) is 9.47 Å². The summed E-state index contributed by atoms with van der Waals surface area (Å²) in [5.41, 5.74) is 1.37. The summed E-state index contributed by atoms with van der Waals surface area (Å²) in [4.78, 5) is 31.4. The second kappa shape index (κ2) is 8.31. The van der Waals surface area contributed by atoms with Crippen LogP contribution in [-0.4, -0.2) is 22.5 Å². The summed E-state index contributed by atoms with van der Waals surface area (Å²) in [6.45, 7) is 3.87. The highest BCUT2D eigenvalue weighted by molar-refractivity contribution is 5.90. The standard InChI is InChI=1S/C21H20N2O4/c1-3-26-21(25)18-14(2)22-19(23-20(18)24)16-11-7-8-12-17(16)27-13-15-9-5-4-6-10-15/h4-12H,3,13H2,1-2H3,(H,22,23,24). The number of hydrogen-bond acceptors (Lipinski definition) is 5. The molecule has 0 atom stereocenters. The van der Waals surface area contributed by atoms with Gasteiger partial charge >= 0.3 is 5.97 Å². The normalized spacial score (nSPS) is 10.4. The number of ether oxygens (including phenoxy) is 2. The van der Waals surface area contributed by atoms with Crippen LogP contribution in [0.2, 0.25) is 0 Å². The zero-order valence-electron chi connectivity index (χ0n) is 15.2. The first-order valence-electron chi connectivity index (χ1n) is 8.64. The van der Waals surface area contributed by atoms with E-state index < -0.39 is 11.5 Å². The van der Waals surface area contributed by atoms with Crippen LogP contribution in [0.4, 0.5) is 0 Å². The molecule has 1 heterocycles. The highest BCUT2D eigenvalue weighted by atomic mass is 16.5. The van der Waals surface area contributed by atoms with Crippen molar-refractivity contribution in [2.24, 2.45) is 0 Å². The first-order valence-corrected chi connectivity index (χ1v) is 8.64. The molecule has 0 spiro atoms. The van der Waals surface area contributed by atoms with E-state index in [1.165, 1.54) is 0 Å². The molecule has 0 aliphatic carbocycles. The largest absolute Gasteiger partial charge is 0.488 e. The minimum absolute atomic E-state index is 0.0803. The van der Waals surface area contributed by atoms with Crippen LogP contribution in [0, 0.1) is 6.92 Å². The van der Waals surface area contributed by atoms with Gasteiger partial charge in [-0.05, 0) is 31.5 Å². The summed E-state index contributed by atoms with van der Waals surface area (Å²) in [6, 6.07) is 17.1. The maximum absolute atomic E-state index is 12.4. The summed E-state index contributed by atoms with van der Waals surface area (Å²) in [5.74, 6) is 0.255. The molecule has 138 valence electrons. The van der Waals surface area contributed by atoms with E-state index in [0.29, 0.717) is 29.4 Å². The van der Waals surface area contributed by atoms with Crippen LogP contribution >= 0.6 is 0 Å². The van der Waals surface area contributed by atoms with Gasteiger partial charge in [-0.15, -0.1) is 0 Å². The molecule has 0 unspecified atom stereocenters. The van der Waals surface area contributed by atoms with Crippen molar-refractivity contribution in [2.45, 2.75) is 20.5 Å². The van der Waals surface area contributed by atoms with Crippen molar-refractivity contribution < 1.29 is 14.3 Å². The van der Waals surface area contributed by atoms with Crippen molar-refractivity contribution in [3.05, 3.63) is 81.8 Å². The number of para-hydroxylation sites is 1. The van der Waals surface area contributed by atoms with Gasteiger partial charge in [-0.2, -0.15) is 0 Å². The first kappa shape index (κ1) is 18.4. The number of nitrogens with zero attached hydrogens (tertiary/aromatic N) is 1. The Labute approximate surface area is 156 Å². The fourth-order valence-corrected chi connectivity index (χ4v) is 2.68. The van der Waals surface area contributed by atoms with E-state index in [-0.39, 0.29) is 12.2 Å².